The van der Waals surface area contributed by atoms with Crippen LogP contribution in [-0.4, -0.2) is 17.1 Å². The molecule has 18 heavy (non-hydrogen) atoms. The quantitative estimate of drug-likeness (QED) is 0.718. The molecule has 1 atom stereocenters. The minimum Gasteiger partial charge on any atom is -0.508 e. The predicted octanol–water partition coefficient (Wildman–Crippen LogP) is 2.32. The molecule has 0 aliphatic rings. The number of nitrogens with two attached hydrogens (primary N) is 1. The summed E-state index contributed by atoms with van der Waals surface area (Å²) in [5.41, 5.74) is 8.08. The standard InChI is InChI=1S/C14H22N2O2/c1-8(2)5-11(15)14(18)16-12-6-10(4)13(17)7-9(12)3/h6-8,11,17H,5,15H2,1-4H3,(H,16,18)/t11-/m1/s1. The van der Waals surface area contributed by atoms with Crippen molar-refractivity contribution >= 4 is 11.6 Å². The largest absolute Gasteiger partial charge is 0.508 e. The van der Waals surface area contributed by atoms with E-state index in [-0.39, 0.29) is 11.7 Å². The van der Waals surface area contributed by atoms with E-state index in [0.717, 1.165) is 11.1 Å². The van der Waals surface area contributed by atoms with E-state index in [1.807, 2.05) is 20.8 Å². The molecule has 100 valence electrons. The fraction of sp³-hybridized carbons (Fsp3) is 0.500. The molecule has 0 heterocycles. The monoisotopic (exact) mass is 250 g/mol. The molecule has 0 radical (unpaired) electrons. The molecule has 0 aliphatic heterocycles. The lowest BCUT2D eigenvalue weighted by Crippen LogP contribution is -2.36. The van der Waals surface area contributed by atoms with E-state index in [9.17, 15) is 9.90 Å². The molecule has 0 spiro atoms. The van der Waals surface area contributed by atoms with Crippen LogP contribution in [0.25, 0.3) is 0 Å². The summed E-state index contributed by atoms with van der Waals surface area (Å²) in [7, 11) is 0. The predicted molar refractivity (Wildman–Crippen MR) is 73.6 cm³/mol. The van der Waals surface area contributed by atoms with Crippen LogP contribution in [0.2, 0.25) is 0 Å². The van der Waals surface area contributed by atoms with Crippen LogP contribution < -0.4 is 11.1 Å². The summed E-state index contributed by atoms with van der Waals surface area (Å²) >= 11 is 0. The third-order valence-electron chi connectivity index (χ3n) is 2.86. The Bertz CT molecular complexity index is 442. The number of aryl methyl sites for hydroxylation is 2. The normalized spacial score (nSPS) is 12.6. The molecular formula is C14H22N2O2. The van der Waals surface area contributed by atoms with Gasteiger partial charge in [-0.25, -0.2) is 0 Å². The molecule has 0 saturated carbocycles. The number of nitrogens with one attached hydrogen (secondary N) is 1. The van der Waals surface area contributed by atoms with Crippen LogP contribution in [0.5, 0.6) is 5.75 Å². The van der Waals surface area contributed by atoms with Gasteiger partial charge in [-0.15, -0.1) is 0 Å². The zero-order valence-corrected chi connectivity index (χ0v) is 11.4. The van der Waals surface area contributed by atoms with E-state index in [4.69, 9.17) is 5.73 Å². The summed E-state index contributed by atoms with van der Waals surface area (Å²) in [4.78, 5) is 11.9. The van der Waals surface area contributed by atoms with Crippen LogP contribution >= 0.6 is 0 Å². The van der Waals surface area contributed by atoms with Crippen molar-refractivity contribution in [3.63, 3.8) is 0 Å². The molecule has 1 aromatic rings. The zero-order chi connectivity index (χ0) is 13.9. The van der Waals surface area contributed by atoms with Gasteiger partial charge in [-0.2, -0.15) is 0 Å². The molecule has 1 amide bonds. The molecule has 1 rings (SSSR count). The average molecular weight is 250 g/mol. The lowest BCUT2D eigenvalue weighted by molar-refractivity contribution is -0.117. The first-order valence-corrected chi connectivity index (χ1v) is 6.18. The molecule has 4 N–H and O–H groups in total. The summed E-state index contributed by atoms with van der Waals surface area (Å²) in [5.74, 6) is 0.433. The smallest absolute Gasteiger partial charge is 0.241 e. The number of rotatable bonds is 4. The fourth-order valence-corrected chi connectivity index (χ4v) is 1.78. The van der Waals surface area contributed by atoms with Crippen LogP contribution in [-0.2, 0) is 4.79 Å². The molecule has 0 fully saturated rings. The Morgan fingerprint density at radius 3 is 2.50 bits per heavy atom. The number of phenols is 1. The van der Waals surface area contributed by atoms with E-state index >= 15 is 0 Å². The summed E-state index contributed by atoms with van der Waals surface area (Å²) in [6.07, 6.45) is 0.655. The average Bonchev–Trinajstić information content (AvgIpc) is 2.24. The highest BCUT2D eigenvalue weighted by atomic mass is 16.3. The van der Waals surface area contributed by atoms with Crippen LogP contribution in [0.1, 0.15) is 31.4 Å². The van der Waals surface area contributed by atoms with E-state index in [2.05, 4.69) is 5.32 Å². The minimum atomic E-state index is -0.501. The van der Waals surface area contributed by atoms with Crippen molar-refractivity contribution in [3.05, 3.63) is 23.3 Å². The van der Waals surface area contributed by atoms with Crippen molar-refractivity contribution in [1.29, 1.82) is 0 Å². The van der Waals surface area contributed by atoms with E-state index in [0.29, 0.717) is 18.0 Å². The lowest BCUT2D eigenvalue weighted by Gasteiger charge is -2.16. The van der Waals surface area contributed by atoms with Gasteiger partial charge < -0.3 is 16.2 Å². The van der Waals surface area contributed by atoms with Crippen molar-refractivity contribution < 1.29 is 9.90 Å². The van der Waals surface area contributed by atoms with Crippen molar-refractivity contribution in [3.8, 4) is 5.75 Å². The second-order valence-electron chi connectivity index (χ2n) is 5.18. The Labute approximate surface area is 108 Å². The lowest BCUT2D eigenvalue weighted by atomic mass is 10.0. The Balaban J connectivity index is 2.79. The number of aromatic hydroxyl groups is 1. The minimum absolute atomic E-state index is 0.183. The van der Waals surface area contributed by atoms with Gasteiger partial charge in [0.05, 0.1) is 6.04 Å². The molecule has 0 aliphatic carbocycles. The molecule has 0 saturated heterocycles. The topological polar surface area (TPSA) is 75.4 Å². The number of phenolic OH excluding ortho intramolecular Hbond substituents is 1. The van der Waals surface area contributed by atoms with Crippen LogP contribution in [0.4, 0.5) is 5.69 Å². The van der Waals surface area contributed by atoms with Gasteiger partial charge in [0, 0.05) is 5.69 Å². The van der Waals surface area contributed by atoms with Crippen molar-refractivity contribution in [2.75, 3.05) is 5.32 Å². The maximum atomic E-state index is 11.9. The first-order chi connectivity index (χ1) is 8.31. The van der Waals surface area contributed by atoms with E-state index < -0.39 is 6.04 Å². The number of hydrogen-bond acceptors (Lipinski definition) is 3. The molecule has 4 nitrogen and oxygen atoms in total. The molecule has 1 aromatic carbocycles. The molecule has 4 heteroatoms. The highest BCUT2D eigenvalue weighted by Crippen LogP contribution is 2.25. The van der Waals surface area contributed by atoms with E-state index in [1.54, 1.807) is 19.1 Å². The third kappa shape index (κ3) is 3.74. The molecule has 0 aromatic heterocycles. The number of anilines is 1. The zero-order valence-electron chi connectivity index (χ0n) is 11.4. The van der Waals surface area contributed by atoms with Gasteiger partial charge in [-0.3, -0.25) is 4.79 Å². The SMILES string of the molecule is Cc1cc(NC(=O)[C@H](N)CC(C)C)c(C)cc1O. The second kappa shape index (κ2) is 5.87. The van der Waals surface area contributed by atoms with Gasteiger partial charge in [0.25, 0.3) is 0 Å². The van der Waals surface area contributed by atoms with E-state index in [1.165, 1.54) is 0 Å². The second-order valence-corrected chi connectivity index (χ2v) is 5.18. The number of benzene rings is 1. The maximum Gasteiger partial charge on any atom is 0.241 e. The van der Waals surface area contributed by atoms with Gasteiger partial charge in [0.15, 0.2) is 0 Å². The van der Waals surface area contributed by atoms with Crippen LogP contribution in [0.15, 0.2) is 12.1 Å². The van der Waals surface area contributed by atoms with Crippen molar-refractivity contribution in [2.45, 2.75) is 40.2 Å². The summed E-state index contributed by atoms with van der Waals surface area (Å²) in [6, 6.07) is 2.89. The Morgan fingerprint density at radius 1 is 1.33 bits per heavy atom. The summed E-state index contributed by atoms with van der Waals surface area (Å²) in [6.45, 7) is 7.69. The Kier molecular flexibility index (Phi) is 4.73. The first kappa shape index (κ1) is 14.5. The van der Waals surface area contributed by atoms with Crippen molar-refractivity contribution in [2.24, 2.45) is 11.7 Å². The number of carbonyl (C=O) groups excluding carboxylic acids is 1. The number of amides is 1. The highest BCUT2D eigenvalue weighted by molar-refractivity contribution is 5.95. The van der Waals surface area contributed by atoms with Crippen LogP contribution in [0.3, 0.4) is 0 Å². The van der Waals surface area contributed by atoms with Gasteiger partial charge in [-0.05, 0) is 49.4 Å². The van der Waals surface area contributed by atoms with Gasteiger partial charge in [-0.1, -0.05) is 13.8 Å². The first-order valence-electron chi connectivity index (χ1n) is 6.18. The maximum absolute atomic E-state index is 11.9. The Hall–Kier alpha value is -1.55. The molecule has 0 unspecified atom stereocenters. The van der Waals surface area contributed by atoms with Gasteiger partial charge in [0.1, 0.15) is 5.75 Å². The molecule has 0 bridgehead atoms. The van der Waals surface area contributed by atoms with Crippen LogP contribution in [0, 0.1) is 19.8 Å². The Morgan fingerprint density at radius 2 is 1.94 bits per heavy atom. The fourth-order valence-electron chi connectivity index (χ4n) is 1.78. The summed E-state index contributed by atoms with van der Waals surface area (Å²) < 4.78 is 0. The molecular weight excluding hydrogens is 228 g/mol. The number of carbonyl (C=O) groups is 1. The van der Waals surface area contributed by atoms with Gasteiger partial charge >= 0.3 is 0 Å². The third-order valence-corrected chi connectivity index (χ3v) is 2.86. The van der Waals surface area contributed by atoms with Gasteiger partial charge in [0.2, 0.25) is 5.91 Å². The van der Waals surface area contributed by atoms with Crippen molar-refractivity contribution in [1.82, 2.24) is 0 Å². The highest BCUT2D eigenvalue weighted by Gasteiger charge is 2.16. The number of hydrogen-bond donors (Lipinski definition) is 3. The summed E-state index contributed by atoms with van der Waals surface area (Å²) in [5, 5.41) is 12.4.